The number of guanidine groups is 1. The van der Waals surface area contributed by atoms with Crippen LogP contribution in [-0.4, -0.2) is 41.3 Å². The van der Waals surface area contributed by atoms with E-state index in [-0.39, 0.29) is 6.04 Å². The molecule has 128 valence electrons. The molecular weight excluding hydrogens is 300 g/mol. The molecule has 1 atom stereocenters. The van der Waals surface area contributed by atoms with Gasteiger partial charge in [-0.25, -0.2) is 0 Å². The van der Waals surface area contributed by atoms with E-state index >= 15 is 0 Å². The first-order valence-electron chi connectivity index (χ1n) is 8.36. The van der Waals surface area contributed by atoms with E-state index in [1.807, 2.05) is 38.2 Å². The molecule has 1 aliphatic rings. The van der Waals surface area contributed by atoms with Gasteiger partial charge in [0.15, 0.2) is 5.96 Å². The van der Waals surface area contributed by atoms with Crippen molar-refractivity contribution in [2.75, 3.05) is 26.0 Å². The lowest BCUT2D eigenvalue weighted by atomic mass is 10.1. The van der Waals surface area contributed by atoms with Crippen molar-refractivity contribution < 1.29 is 0 Å². The van der Waals surface area contributed by atoms with Crippen LogP contribution in [0.1, 0.15) is 29.2 Å². The molecule has 1 aliphatic carbocycles. The minimum Gasteiger partial charge on any atom is -0.370 e. The Bertz CT molecular complexity index is 731. The Morgan fingerprint density at radius 2 is 2.17 bits per heavy atom. The first-order valence-corrected chi connectivity index (χ1v) is 8.36. The molecular formula is C18H26N6. The Morgan fingerprint density at radius 1 is 1.38 bits per heavy atom. The second-order valence-electron chi connectivity index (χ2n) is 6.61. The van der Waals surface area contributed by atoms with Gasteiger partial charge < -0.3 is 16.0 Å². The van der Waals surface area contributed by atoms with Gasteiger partial charge in [-0.2, -0.15) is 5.10 Å². The largest absolute Gasteiger partial charge is 0.370 e. The second-order valence-corrected chi connectivity index (χ2v) is 6.61. The van der Waals surface area contributed by atoms with Gasteiger partial charge in [-0.1, -0.05) is 6.07 Å². The van der Waals surface area contributed by atoms with Crippen LogP contribution in [0, 0.1) is 0 Å². The van der Waals surface area contributed by atoms with E-state index in [1.54, 1.807) is 0 Å². The first-order chi connectivity index (χ1) is 11.5. The standard InChI is InChI=1S/C18H26N6/c1-23(2)17(15-10-21-24(3)12-15)11-20-18(19)22-16-8-7-13-5-4-6-14(13)9-16/h7-10,12,17H,4-6,11H2,1-3H3,(H3,19,20,22). The third kappa shape index (κ3) is 3.76. The predicted molar refractivity (Wildman–Crippen MR) is 98.2 cm³/mol. The van der Waals surface area contributed by atoms with E-state index in [0.717, 1.165) is 17.7 Å². The summed E-state index contributed by atoms with van der Waals surface area (Å²) in [7, 11) is 6.00. The van der Waals surface area contributed by atoms with Crippen LogP contribution in [0.3, 0.4) is 0 Å². The zero-order valence-electron chi connectivity index (χ0n) is 14.7. The Balaban J connectivity index is 1.66. The maximum atomic E-state index is 6.08. The third-order valence-electron chi connectivity index (χ3n) is 4.54. The number of nitrogens with one attached hydrogen (secondary N) is 1. The van der Waals surface area contributed by atoms with Gasteiger partial charge >= 0.3 is 0 Å². The minimum absolute atomic E-state index is 0.152. The molecule has 3 N–H and O–H groups in total. The van der Waals surface area contributed by atoms with Crippen LogP contribution in [0.4, 0.5) is 5.69 Å². The summed E-state index contributed by atoms with van der Waals surface area (Å²) in [5.74, 6) is 0.448. The molecule has 1 unspecified atom stereocenters. The molecule has 0 fully saturated rings. The van der Waals surface area contributed by atoms with Crippen molar-refractivity contribution in [3.8, 4) is 0 Å². The fourth-order valence-electron chi connectivity index (χ4n) is 3.20. The smallest absolute Gasteiger partial charge is 0.193 e. The highest BCUT2D eigenvalue weighted by Crippen LogP contribution is 2.24. The predicted octanol–water partition coefficient (Wildman–Crippen LogP) is 1.94. The molecule has 2 aromatic rings. The Labute approximate surface area is 143 Å². The molecule has 0 radical (unpaired) electrons. The van der Waals surface area contributed by atoms with Crippen LogP contribution in [0.5, 0.6) is 0 Å². The number of fused-ring (bicyclic) bond motifs is 1. The Morgan fingerprint density at radius 3 is 2.88 bits per heavy atom. The third-order valence-corrected chi connectivity index (χ3v) is 4.54. The van der Waals surface area contributed by atoms with Crippen LogP contribution >= 0.6 is 0 Å². The summed E-state index contributed by atoms with van der Waals surface area (Å²) in [6, 6.07) is 6.61. The van der Waals surface area contributed by atoms with E-state index in [4.69, 9.17) is 5.73 Å². The molecule has 0 bridgehead atoms. The van der Waals surface area contributed by atoms with Crippen molar-refractivity contribution in [2.24, 2.45) is 17.8 Å². The highest BCUT2D eigenvalue weighted by atomic mass is 15.2. The van der Waals surface area contributed by atoms with Crippen molar-refractivity contribution >= 4 is 11.6 Å². The van der Waals surface area contributed by atoms with Gasteiger partial charge in [-0.05, 0) is 56.6 Å². The molecule has 6 heteroatoms. The molecule has 0 amide bonds. The maximum Gasteiger partial charge on any atom is 0.193 e. The van der Waals surface area contributed by atoms with E-state index in [2.05, 4.69) is 38.5 Å². The lowest BCUT2D eigenvalue weighted by Gasteiger charge is -2.21. The van der Waals surface area contributed by atoms with E-state index < -0.39 is 0 Å². The highest BCUT2D eigenvalue weighted by Gasteiger charge is 2.16. The highest BCUT2D eigenvalue weighted by molar-refractivity contribution is 5.92. The average Bonchev–Trinajstić information content (AvgIpc) is 3.15. The van der Waals surface area contributed by atoms with Crippen molar-refractivity contribution in [1.29, 1.82) is 0 Å². The minimum atomic E-state index is 0.152. The number of likely N-dealkylation sites (N-methyl/N-ethyl adjacent to an activating group) is 1. The molecule has 1 aromatic carbocycles. The van der Waals surface area contributed by atoms with Gasteiger partial charge in [-0.15, -0.1) is 0 Å². The fraction of sp³-hybridized carbons (Fsp3) is 0.444. The Hall–Kier alpha value is -2.34. The van der Waals surface area contributed by atoms with Crippen LogP contribution in [0.2, 0.25) is 0 Å². The topological polar surface area (TPSA) is 71.5 Å². The number of aromatic nitrogens is 2. The monoisotopic (exact) mass is 326 g/mol. The van der Waals surface area contributed by atoms with E-state index in [1.165, 1.54) is 24.0 Å². The number of aryl methyl sites for hydroxylation is 3. The summed E-state index contributed by atoms with van der Waals surface area (Å²) in [6.45, 7) is 0.586. The zero-order valence-corrected chi connectivity index (χ0v) is 14.7. The first kappa shape index (κ1) is 16.5. The SMILES string of the molecule is CN(C)C(CN=C(N)Nc1ccc2c(c1)CCC2)c1cnn(C)c1. The van der Waals surface area contributed by atoms with Gasteiger partial charge in [0.2, 0.25) is 0 Å². The van der Waals surface area contributed by atoms with Crippen LogP contribution in [0.15, 0.2) is 35.6 Å². The zero-order chi connectivity index (χ0) is 17.1. The molecule has 0 spiro atoms. The summed E-state index contributed by atoms with van der Waals surface area (Å²) >= 11 is 0. The van der Waals surface area contributed by atoms with E-state index in [9.17, 15) is 0 Å². The molecule has 0 saturated carbocycles. The van der Waals surface area contributed by atoms with Gasteiger partial charge in [0.1, 0.15) is 0 Å². The fourth-order valence-corrected chi connectivity index (χ4v) is 3.20. The van der Waals surface area contributed by atoms with Gasteiger partial charge in [0.05, 0.1) is 18.8 Å². The maximum absolute atomic E-state index is 6.08. The van der Waals surface area contributed by atoms with Crippen molar-refractivity contribution in [1.82, 2.24) is 14.7 Å². The van der Waals surface area contributed by atoms with Gasteiger partial charge in [-0.3, -0.25) is 9.67 Å². The van der Waals surface area contributed by atoms with Crippen LogP contribution in [0.25, 0.3) is 0 Å². The molecule has 3 rings (SSSR count). The average molecular weight is 326 g/mol. The van der Waals surface area contributed by atoms with Crippen molar-refractivity contribution in [2.45, 2.75) is 25.3 Å². The lowest BCUT2D eigenvalue weighted by Crippen LogP contribution is -2.27. The number of aliphatic imine (C=N–C) groups is 1. The molecule has 24 heavy (non-hydrogen) atoms. The number of nitrogens with zero attached hydrogens (tertiary/aromatic N) is 4. The Kier molecular flexibility index (Phi) is 4.85. The summed E-state index contributed by atoms with van der Waals surface area (Å²) in [5.41, 5.74) is 11.1. The summed E-state index contributed by atoms with van der Waals surface area (Å²) in [5, 5.41) is 7.45. The van der Waals surface area contributed by atoms with Gasteiger partial charge in [0.25, 0.3) is 0 Å². The van der Waals surface area contributed by atoms with Crippen molar-refractivity contribution in [3.05, 3.63) is 47.3 Å². The number of benzene rings is 1. The quantitative estimate of drug-likeness (QED) is 0.651. The van der Waals surface area contributed by atoms with Crippen LogP contribution < -0.4 is 11.1 Å². The number of rotatable bonds is 5. The molecule has 0 aliphatic heterocycles. The number of hydrogen-bond donors (Lipinski definition) is 2. The van der Waals surface area contributed by atoms with E-state index in [0.29, 0.717) is 12.5 Å². The lowest BCUT2D eigenvalue weighted by molar-refractivity contribution is 0.306. The normalized spacial score (nSPS) is 15.6. The molecule has 1 aromatic heterocycles. The summed E-state index contributed by atoms with van der Waals surface area (Å²) < 4.78 is 1.81. The summed E-state index contributed by atoms with van der Waals surface area (Å²) in [6.07, 6.45) is 7.49. The van der Waals surface area contributed by atoms with Crippen LogP contribution in [-0.2, 0) is 19.9 Å². The summed E-state index contributed by atoms with van der Waals surface area (Å²) in [4.78, 5) is 6.65. The molecule has 0 saturated heterocycles. The van der Waals surface area contributed by atoms with Crippen molar-refractivity contribution in [3.63, 3.8) is 0 Å². The molecule has 1 heterocycles. The van der Waals surface area contributed by atoms with Gasteiger partial charge in [0, 0.05) is 24.5 Å². The number of nitrogens with two attached hydrogens (primary N) is 1. The second kappa shape index (κ2) is 7.05. The molecule has 6 nitrogen and oxygen atoms in total. The number of anilines is 1. The number of hydrogen-bond acceptors (Lipinski definition) is 3.